The van der Waals surface area contributed by atoms with Crippen LogP contribution in [0.15, 0.2) is 78.9 Å². The van der Waals surface area contributed by atoms with E-state index in [1.165, 1.54) is 16.5 Å². The van der Waals surface area contributed by atoms with Crippen LogP contribution in [-0.2, 0) is 0 Å². The standard InChI is InChI=1S/C29H30N4O2S/c34-29(21-7-6-10-25(18-21)35-24-8-2-1-3-9-24)30-19-22-17-23(22)20-32-13-15-33(16-14-32)28-26-11-4-5-12-27(26)36-31-28/h1-12,18,22-23H,13-17,19-20H2,(H,30,34). The number of nitrogens with one attached hydrogen (secondary N) is 1. The summed E-state index contributed by atoms with van der Waals surface area (Å²) < 4.78 is 11.8. The van der Waals surface area contributed by atoms with Gasteiger partial charge in [0.05, 0.1) is 4.70 Å². The van der Waals surface area contributed by atoms with Crippen LogP contribution in [0.5, 0.6) is 11.5 Å². The van der Waals surface area contributed by atoms with Crippen molar-refractivity contribution in [2.45, 2.75) is 6.42 Å². The number of hydrogen-bond donors (Lipinski definition) is 1. The molecule has 3 aromatic carbocycles. The number of ether oxygens (including phenoxy) is 1. The first-order valence-electron chi connectivity index (χ1n) is 12.7. The van der Waals surface area contributed by atoms with E-state index in [0.29, 0.717) is 23.1 Å². The molecule has 1 N–H and O–H groups in total. The Hall–Kier alpha value is -3.42. The molecule has 1 aliphatic carbocycles. The molecule has 1 aromatic heterocycles. The van der Waals surface area contributed by atoms with E-state index in [2.05, 4.69) is 39.4 Å². The summed E-state index contributed by atoms with van der Waals surface area (Å²) >= 11 is 1.59. The average Bonchev–Trinajstić information content (AvgIpc) is 3.52. The molecule has 2 atom stereocenters. The van der Waals surface area contributed by atoms with E-state index >= 15 is 0 Å². The number of para-hydroxylation sites is 1. The predicted molar refractivity (Wildman–Crippen MR) is 145 cm³/mol. The number of piperazine rings is 1. The van der Waals surface area contributed by atoms with E-state index in [4.69, 9.17) is 9.11 Å². The lowest BCUT2D eigenvalue weighted by atomic mass is 10.2. The van der Waals surface area contributed by atoms with Crippen LogP contribution < -0.4 is 15.0 Å². The van der Waals surface area contributed by atoms with Crippen molar-refractivity contribution in [3.63, 3.8) is 0 Å². The topological polar surface area (TPSA) is 57.7 Å². The quantitative estimate of drug-likeness (QED) is 0.358. The number of anilines is 1. The highest BCUT2D eigenvalue weighted by Crippen LogP contribution is 2.39. The molecule has 0 spiro atoms. The van der Waals surface area contributed by atoms with Gasteiger partial charge in [-0.1, -0.05) is 36.4 Å². The lowest BCUT2D eigenvalue weighted by molar-refractivity contribution is 0.0950. The van der Waals surface area contributed by atoms with Crippen molar-refractivity contribution >= 4 is 33.3 Å². The predicted octanol–water partition coefficient (Wildman–Crippen LogP) is 5.28. The van der Waals surface area contributed by atoms with Crippen molar-refractivity contribution < 1.29 is 9.53 Å². The van der Waals surface area contributed by atoms with E-state index in [0.717, 1.165) is 50.8 Å². The summed E-state index contributed by atoms with van der Waals surface area (Å²) in [7, 11) is 0. The van der Waals surface area contributed by atoms with E-state index in [1.54, 1.807) is 17.6 Å². The van der Waals surface area contributed by atoms with Crippen LogP contribution in [0.4, 0.5) is 5.82 Å². The number of aromatic nitrogens is 1. The fourth-order valence-electron chi connectivity index (χ4n) is 5.01. The molecule has 6 nitrogen and oxygen atoms in total. The third-order valence-electron chi connectivity index (χ3n) is 7.19. The van der Waals surface area contributed by atoms with Crippen LogP contribution >= 0.6 is 11.5 Å². The van der Waals surface area contributed by atoms with Gasteiger partial charge >= 0.3 is 0 Å². The van der Waals surface area contributed by atoms with E-state index in [1.807, 2.05) is 48.5 Å². The van der Waals surface area contributed by atoms with Crippen molar-refractivity contribution in [1.29, 1.82) is 0 Å². The summed E-state index contributed by atoms with van der Waals surface area (Å²) in [4.78, 5) is 17.7. The summed E-state index contributed by atoms with van der Waals surface area (Å²) in [5.74, 6) is 3.77. The molecule has 2 aliphatic rings. The van der Waals surface area contributed by atoms with E-state index in [-0.39, 0.29) is 5.91 Å². The highest BCUT2D eigenvalue weighted by Gasteiger charge is 2.38. The van der Waals surface area contributed by atoms with Gasteiger partial charge in [0.1, 0.15) is 17.3 Å². The maximum Gasteiger partial charge on any atom is 0.251 e. The summed E-state index contributed by atoms with van der Waals surface area (Å²) in [5, 5.41) is 4.40. The third kappa shape index (κ3) is 5.22. The molecular formula is C29H30N4O2S. The minimum Gasteiger partial charge on any atom is -0.457 e. The third-order valence-corrected chi connectivity index (χ3v) is 8.01. The summed E-state index contributed by atoms with van der Waals surface area (Å²) in [6.07, 6.45) is 1.19. The fourth-order valence-corrected chi connectivity index (χ4v) is 5.81. The minimum absolute atomic E-state index is 0.0386. The van der Waals surface area contributed by atoms with Crippen LogP contribution in [0, 0.1) is 11.8 Å². The monoisotopic (exact) mass is 498 g/mol. The van der Waals surface area contributed by atoms with Gasteiger partial charge in [-0.15, -0.1) is 0 Å². The molecule has 2 unspecified atom stereocenters. The van der Waals surface area contributed by atoms with Crippen molar-refractivity contribution in [1.82, 2.24) is 14.6 Å². The molecule has 1 saturated heterocycles. The molecule has 6 rings (SSSR count). The molecule has 2 fully saturated rings. The molecule has 1 aliphatic heterocycles. The minimum atomic E-state index is -0.0386. The molecule has 4 aromatic rings. The second kappa shape index (κ2) is 10.3. The SMILES string of the molecule is O=C(NCC1CC1CN1CCN(c2nsc3ccccc23)CC1)c1cccc(Oc2ccccc2)c1. The van der Waals surface area contributed by atoms with Crippen molar-refractivity contribution in [2.24, 2.45) is 11.8 Å². The second-order valence-electron chi connectivity index (χ2n) is 9.70. The number of carbonyl (C=O) groups is 1. The number of hydrogen-bond acceptors (Lipinski definition) is 6. The Labute approximate surface area is 215 Å². The number of rotatable bonds is 8. The van der Waals surface area contributed by atoms with Gasteiger partial charge in [-0.2, -0.15) is 4.37 Å². The van der Waals surface area contributed by atoms with E-state index in [9.17, 15) is 4.79 Å². The smallest absolute Gasteiger partial charge is 0.251 e. The maximum atomic E-state index is 12.7. The highest BCUT2D eigenvalue weighted by molar-refractivity contribution is 7.13. The molecule has 2 heterocycles. The van der Waals surface area contributed by atoms with Crippen LogP contribution in [0.3, 0.4) is 0 Å². The van der Waals surface area contributed by atoms with Gasteiger partial charge in [-0.3, -0.25) is 9.69 Å². The zero-order valence-electron chi connectivity index (χ0n) is 20.2. The largest absolute Gasteiger partial charge is 0.457 e. The number of fused-ring (bicyclic) bond motifs is 1. The number of amides is 1. The molecule has 184 valence electrons. The molecule has 7 heteroatoms. The van der Waals surface area contributed by atoms with Crippen molar-refractivity contribution in [3.05, 3.63) is 84.4 Å². The normalized spacial score (nSPS) is 19.8. The van der Waals surface area contributed by atoms with Crippen LogP contribution in [0.25, 0.3) is 10.1 Å². The first-order chi connectivity index (χ1) is 17.7. The van der Waals surface area contributed by atoms with Gasteiger partial charge in [0.2, 0.25) is 0 Å². The molecule has 1 saturated carbocycles. The van der Waals surface area contributed by atoms with Gasteiger partial charge in [-0.05, 0) is 72.3 Å². The van der Waals surface area contributed by atoms with Crippen LogP contribution in [0.2, 0.25) is 0 Å². The Morgan fingerprint density at radius 1 is 0.917 bits per heavy atom. The van der Waals surface area contributed by atoms with Crippen LogP contribution in [0.1, 0.15) is 16.8 Å². The molecule has 0 bridgehead atoms. The zero-order valence-corrected chi connectivity index (χ0v) is 21.0. The van der Waals surface area contributed by atoms with E-state index < -0.39 is 0 Å². The van der Waals surface area contributed by atoms with Crippen LogP contribution in [-0.4, -0.2) is 54.4 Å². The van der Waals surface area contributed by atoms with Crippen molar-refractivity contribution in [2.75, 3.05) is 44.2 Å². The zero-order chi connectivity index (χ0) is 24.3. The number of nitrogens with zero attached hydrogens (tertiary/aromatic N) is 3. The average molecular weight is 499 g/mol. The summed E-state index contributed by atoms with van der Waals surface area (Å²) in [6, 6.07) is 25.5. The molecular weight excluding hydrogens is 468 g/mol. The van der Waals surface area contributed by atoms with Gasteiger partial charge in [0.25, 0.3) is 5.91 Å². The maximum absolute atomic E-state index is 12.7. The Morgan fingerprint density at radius 3 is 2.56 bits per heavy atom. The highest BCUT2D eigenvalue weighted by atomic mass is 32.1. The first-order valence-corrected chi connectivity index (χ1v) is 13.4. The Balaban J connectivity index is 0.948. The molecule has 1 amide bonds. The lowest BCUT2D eigenvalue weighted by Gasteiger charge is -2.35. The fraction of sp³-hybridized carbons (Fsp3) is 0.310. The second-order valence-corrected chi connectivity index (χ2v) is 10.5. The Bertz CT molecular complexity index is 1330. The molecule has 0 radical (unpaired) electrons. The van der Waals surface area contributed by atoms with Gasteiger partial charge in [0.15, 0.2) is 0 Å². The summed E-state index contributed by atoms with van der Waals surface area (Å²) in [5.41, 5.74) is 0.631. The van der Waals surface area contributed by atoms with Gasteiger partial charge < -0.3 is 15.0 Å². The lowest BCUT2D eigenvalue weighted by Crippen LogP contribution is -2.47. The Kier molecular flexibility index (Phi) is 6.57. The van der Waals surface area contributed by atoms with Crippen molar-refractivity contribution in [3.8, 4) is 11.5 Å². The molecule has 36 heavy (non-hydrogen) atoms. The first kappa shape index (κ1) is 23.0. The van der Waals surface area contributed by atoms with Gasteiger partial charge in [-0.25, -0.2) is 0 Å². The summed E-state index contributed by atoms with van der Waals surface area (Å²) in [6.45, 7) is 6.02. The number of carbonyl (C=O) groups excluding carboxylic acids is 1. The van der Waals surface area contributed by atoms with Gasteiger partial charge in [0, 0.05) is 50.2 Å². The number of benzene rings is 3. The Morgan fingerprint density at radius 2 is 1.69 bits per heavy atom.